The van der Waals surface area contributed by atoms with Gasteiger partial charge in [-0.3, -0.25) is 4.79 Å². The van der Waals surface area contributed by atoms with Crippen LogP contribution in [0.15, 0.2) is 42.5 Å². The predicted octanol–water partition coefficient (Wildman–Crippen LogP) is 4.22. The molecule has 0 amide bonds. The van der Waals surface area contributed by atoms with Gasteiger partial charge >= 0.3 is 0 Å². The van der Waals surface area contributed by atoms with Crippen molar-refractivity contribution >= 4 is 23.1 Å². The van der Waals surface area contributed by atoms with E-state index in [1.54, 1.807) is 30.3 Å². The molecule has 0 bridgehead atoms. The summed E-state index contributed by atoms with van der Waals surface area (Å²) in [7, 11) is 2.10. The van der Waals surface area contributed by atoms with E-state index in [4.69, 9.17) is 11.6 Å². The lowest BCUT2D eigenvalue weighted by atomic mass is 9.99. The monoisotopic (exact) mass is 346 g/mol. The summed E-state index contributed by atoms with van der Waals surface area (Å²) in [5.41, 5.74) is 1.18. The Kier molecular flexibility index (Phi) is 5.17. The minimum Gasteiger partial charge on any atom is -0.382 e. The van der Waals surface area contributed by atoms with Gasteiger partial charge in [0.2, 0.25) is 0 Å². The van der Waals surface area contributed by atoms with E-state index in [9.17, 15) is 9.18 Å². The van der Waals surface area contributed by atoms with Gasteiger partial charge in [-0.1, -0.05) is 23.7 Å². The highest BCUT2D eigenvalue weighted by molar-refractivity contribution is 6.31. The summed E-state index contributed by atoms with van der Waals surface area (Å²) in [5.74, 6) is -0.876. The molecule has 0 radical (unpaired) electrons. The van der Waals surface area contributed by atoms with Crippen LogP contribution in [-0.2, 0) is 0 Å². The first kappa shape index (κ1) is 16.9. The summed E-state index contributed by atoms with van der Waals surface area (Å²) in [6, 6.07) is 11.5. The molecule has 0 saturated carbocycles. The van der Waals surface area contributed by atoms with Crippen molar-refractivity contribution in [2.75, 3.05) is 25.5 Å². The Bertz CT molecular complexity index is 742. The number of benzene rings is 2. The number of likely N-dealkylation sites (tertiary alicyclic amines) is 1. The fourth-order valence-corrected chi connectivity index (χ4v) is 3.17. The Balaban J connectivity index is 1.88. The fraction of sp³-hybridized carbons (Fsp3) is 0.316. The van der Waals surface area contributed by atoms with Crippen molar-refractivity contribution in [3.63, 3.8) is 0 Å². The number of ketones is 1. The van der Waals surface area contributed by atoms with Crippen LogP contribution in [0.1, 0.15) is 28.8 Å². The third-order valence-electron chi connectivity index (χ3n) is 4.42. The largest absolute Gasteiger partial charge is 0.382 e. The van der Waals surface area contributed by atoms with Crippen molar-refractivity contribution in [2.45, 2.75) is 18.9 Å². The summed E-state index contributed by atoms with van der Waals surface area (Å²) < 4.78 is 14.0. The van der Waals surface area contributed by atoms with E-state index in [2.05, 4.69) is 17.3 Å². The minimum atomic E-state index is -0.521. The molecule has 1 N–H and O–H groups in total. The van der Waals surface area contributed by atoms with Gasteiger partial charge in [0.25, 0.3) is 0 Å². The van der Waals surface area contributed by atoms with E-state index in [0.717, 1.165) is 25.9 Å². The number of halogens is 2. The quantitative estimate of drug-likeness (QED) is 0.841. The Morgan fingerprint density at radius 3 is 2.58 bits per heavy atom. The summed E-state index contributed by atoms with van der Waals surface area (Å²) in [6.45, 7) is 2.03. The number of anilines is 1. The van der Waals surface area contributed by atoms with E-state index < -0.39 is 5.82 Å². The molecule has 1 fully saturated rings. The fourth-order valence-electron chi connectivity index (χ4n) is 2.99. The number of nitrogens with one attached hydrogen (secondary N) is 1. The number of hydrogen-bond acceptors (Lipinski definition) is 3. The van der Waals surface area contributed by atoms with Crippen LogP contribution in [0.5, 0.6) is 0 Å². The van der Waals surface area contributed by atoms with Crippen molar-refractivity contribution in [2.24, 2.45) is 0 Å². The van der Waals surface area contributed by atoms with Gasteiger partial charge in [0.15, 0.2) is 5.78 Å². The van der Waals surface area contributed by atoms with Crippen LogP contribution in [0.3, 0.4) is 0 Å². The maximum Gasteiger partial charge on any atom is 0.198 e. The maximum atomic E-state index is 14.0. The first-order valence-corrected chi connectivity index (χ1v) is 8.46. The summed E-state index contributed by atoms with van der Waals surface area (Å²) >= 11 is 6.07. The standard InChI is InChI=1S/C19H20ClFN2O/c1-23-10-8-14(9-11-23)22-18-7-6-13(20)12-16(18)19(24)15-4-2-3-5-17(15)21/h2-7,12,14,22H,8-11H2,1H3. The van der Waals surface area contributed by atoms with Crippen LogP contribution in [-0.4, -0.2) is 36.9 Å². The Morgan fingerprint density at radius 2 is 1.88 bits per heavy atom. The smallest absolute Gasteiger partial charge is 0.198 e. The topological polar surface area (TPSA) is 32.3 Å². The molecule has 0 unspecified atom stereocenters. The van der Waals surface area contributed by atoms with E-state index in [1.165, 1.54) is 12.1 Å². The third kappa shape index (κ3) is 3.77. The first-order valence-electron chi connectivity index (χ1n) is 8.08. The first-order chi connectivity index (χ1) is 11.5. The van der Waals surface area contributed by atoms with Crippen LogP contribution in [0.4, 0.5) is 10.1 Å². The summed E-state index contributed by atoms with van der Waals surface area (Å²) in [5, 5.41) is 3.90. The highest BCUT2D eigenvalue weighted by Gasteiger charge is 2.21. The van der Waals surface area contributed by atoms with Crippen LogP contribution in [0, 0.1) is 5.82 Å². The molecule has 3 nitrogen and oxygen atoms in total. The van der Waals surface area contributed by atoms with Gasteiger partial charge < -0.3 is 10.2 Å². The lowest BCUT2D eigenvalue weighted by molar-refractivity contribution is 0.103. The second-order valence-corrected chi connectivity index (χ2v) is 6.66. The van der Waals surface area contributed by atoms with Gasteiger partial charge in [0, 0.05) is 22.3 Å². The van der Waals surface area contributed by atoms with Gasteiger partial charge in [0.1, 0.15) is 5.82 Å². The van der Waals surface area contributed by atoms with Gasteiger partial charge in [-0.2, -0.15) is 0 Å². The van der Waals surface area contributed by atoms with E-state index in [-0.39, 0.29) is 11.3 Å². The van der Waals surface area contributed by atoms with E-state index >= 15 is 0 Å². The van der Waals surface area contributed by atoms with Crippen molar-refractivity contribution in [3.8, 4) is 0 Å². The van der Waals surface area contributed by atoms with Gasteiger partial charge in [0.05, 0.1) is 5.56 Å². The van der Waals surface area contributed by atoms with Gasteiger partial charge in [-0.15, -0.1) is 0 Å². The Hall–Kier alpha value is -1.91. The molecular weight excluding hydrogens is 327 g/mol. The molecule has 1 heterocycles. The predicted molar refractivity (Wildman–Crippen MR) is 95.4 cm³/mol. The van der Waals surface area contributed by atoms with E-state index in [1.807, 2.05) is 0 Å². The van der Waals surface area contributed by atoms with Crippen molar-refractivity contribution in [1.29, 1.82) is 0 Å². The number of hydrogen-bond donors (Lipinski definition) is 1. The molecule has 0 aliphatic carbocycles. The molecule has 24 heavy (non-hydrogen) atoms. The highest BCUT2D eigenvalue weighted by atomic mass is 35.5. The molecule has 0 spiro atoms. The number of nitrogens with zero attached hydrogens (tertiary/aromatic N) is 1. The zero-order chi connectivity index (χ0) is 17.1. The molecule has 2 aromatic carbocycles. The normalized spacial score (nSPS) is 16.1. The SMILES string of the molecule is CN1CCC(Nc2ccc(Cl)cc2C(=O)c2ccccc2F)CC1. The zero-order valence-corrected chi connectivity index (χ0v) is 14.3. The number of carbonyl (C=O) groups is 1. The lowest BCUT2D eigenvalue weighted by Crippen LogP contribution is -2.37. The second kappa shape index (κ2) is 7.32. The molecule has 0 aromatic heterocycles. The number of carbonyl (C=O) groups excluding carboxylic acids is 1. The van der Waals surface area contributed by atoms with Crippen LogP contribution in [0.2, 0.25) is 5.02 Å². The highest BCUT2D eigenvalue weighted by Crippen LogP contribution is 2.26. The average Bonchev–Trinajstić information content (AvgIpc) is 2.58. The van der Waals surface area contributed by atoms with Crippen LogP contribution >= 0.6 is 11.6 Å². The van der Waals surface area contributed by atoms with Crippen LogP contribution in [0.25, 0.3) is 0 Å². The van der Waals surface area contributed by atoms with Crippen molar-refractivity contribution in [1.82, 2.24) is 4.90 Å². The number of rotatable bonds is 4. The Morgan fingerprint density at radius 1 is 1.17 bits per heavy atom. The molecule has 1 aliphatic heterocycles. The van der Waals surface area contributed by atoms with E-state index in [0.29, 0.717) is 22.3 Å². The average molecular weight is 347 g/mol. The molecule has 1 saturated heterocycles. The van der Waals surface area contributed by atoms with Gasteiger partial charge in [-0.05, 0) is 63.3 Å². The molecule has 3 rings (SSSR count). The minimum absolute atomic E-state index is 0.0613. The molecule has 5 heteroatoms. The number of piperidine rings is 1. The molecular formula is C19H20ClFN2O. The molecule has 0 atom stereocenters. The Labute approximate surface area is 146 Å². The van der Waals surface area contributed by atoms with Crippen molar-refractivity contribution in [3.05, 3.63) is 64.4 Å². The molecule has 2 aromatic rings. The van der Waals surface area contributed by atoms with Crippen LogP contribution < -0.4 is 5.32 Å². The second-order valence-electron chi connectivity index (χ2n) is 6.22. The summed E-state index contributed by atoms with van der Waals surface area (Å²) in [4.78, 5) is 15.1. The van der Waals surface area contributed by atoms with Gasteiger partial charge in [-0.25, -0.2) is 4.39 Å². The molecule has 126 valence electrons. The zero-order valence-electron chi connectivity index (χ0n) is 13.6. The van der Waals surface area contributed by atoms with Crippen molar-refractivity contribution < 1.29 is 9.18 Å². The molecule has 1 aliphatic rings. The summed E-state index contributed by atoms with van der Waals surface area (Å²) in [6.07, 6.45) is 2.01. The maximum absolute atomic E-state index is 14.0. The third-order valence-corrected chi connectivity index (χ3v) is 4.66. The lowest BCUT2D eigenvalue weighted by Gasteiger charge is -2.30.